The number of rotatable bonds is 7. The highest BCUT2D eigenvalue weighted by Crippen LogP contribution is 2.53. The maximum absolute atomic E-state index is 14.2. The molecule has 1 amide bonds. The lowest BCUT2D eigenvalue weighted by Crippen LogP contribution is -2.56. The number of allylic oxidation sites excluding steroid dienone is 1. The number of nitrogens with two attached hydrogens (primary N) is 2. The van der Waals surface area contributed by atoms with Gasteiger partial charge in [0.2, 0.25) is 17.8 Å². The summed E-state index contributed by atoms with van der Waals surface area (Å²) in [5.41, 5.74) is 10.4. The van der Waals surface area contributed by atoms with Crippen LogP contribution >= 0.6 is 11.6 Å². The van der Waals surface area contributed by atoms with E-state index in [-0.39, 0.29) is 34.4 Å². The van der Waals surface area contributed by atoms with Crippen molar-refractivity contribution in [1.29, 1.82) is 0 Å². The Kier molecular flexibility index (Phi) is 6.54. The molecule has 3 rings (SSSR count). The summed E-state index contributed by atoms with van der Waals surface area (Å²) in [5.74, 6) is -4.45. The lowest BCUT2D eigenvalue weighted by Gasteiger charge is -2.47. The molecule has 11 heteroatoms. The van der Waals surface area contributed by atoms with Gasteiger partial charge < -0.3 is 16.8 Å². The molecule has 5 N–H and O–H groups in total. The topological polar surface area (TPSA) is 119 Å². The Morgan fingerprint density at radius 1 is 1.28 bits per heavy atom. The number of pyridine rings is 1. The average molecular weight is 465 g/mol. The van der Waals surface area contributed by atoms with Gasteiger partial charge in [0.25, 0.3) is 0 Å². The number of nitrogens with one attached hydrogen (secondary N) is 1. The molecule has 1 aromatic heterocycles. The van der Waals surface area contributed by atoms with Crippen LogP contribution in [0.5, 0.6) is 0 Å². The molecule has 1 fully saturated rings. The second-order valence-electron chi connectivity index (χ2n) is 7.41. The smallest absolute Gasteiger partial charge is 0.250 e. The molecule has 2 aromatic rings. The summed E-state index contributed by atoms with van der Waals surface area (Å²) in [6, 6.07) is 6.70. The fraction of sp³-hybridized carbons (Fsp3) is 0.238. The Labute approximate surface area is 187 Å². The molecule has 168 valence electrons. The largest absolute Gasteiger partial charge is 0.368 e. The van der Waals surface area contributed by atoms with Gasteiger partial charge in [0, 0.05) is 42.1 Å². The zero-order valence-electron chi connectivity index (χ0n) is 16.8. The van der Waals surface area contributed by atoms with E-state index in [4.69, 9.17) is 23.1 Å². The van der Waals surface area contributed by atoms with Crippen LogP contribution in [0.15, 0.2) is 59.4 Å². The highest BCUT2D eigenvalue weighted by atomic mass is 35.5. The van der Waals surface area contributed by atoms with E-state index >= 15 is 0 Å². The summed E-state index contributed by atoms with van der Waals surface area (Å²) in [4.78, 5) is 15.5. The number of carbonyl (C=O) groups excluding carboxylic acids is 1. The van der Waals surface area contributed by atoms with Gasteiger partial charge in [-0.2, -0.15) is 0 Å². The summed E-state index contributed by atoms with van der Waals surface area (Å²) >= 11 is 6.17. The fourth-order valence-electron chi connectivity index (χ4n) is 3.57. The molecule has 1 saturated carbocycles. The van der Waals surface area contributed by atoms with Crippen LogP contribution in [0.4, 0.5) is 13.2 Å². The number of benzene rings is 1. The summed E-state index contributed by atoms with van der Waals surface area (Å²) in [5, 5.41) is 10.7. The molecule has 0 aliphatic heterocycles. The molecule has 1 aliphatic rings. The zero-order chi connectivity index (χ0) is 23.5. The third-order valence-electron chi connectivity index (χ3n) is 5.05. The first-order valence-corrected chi connectivity index (χ1v) is 9.81. The number of aromatic nitrogens is 1. The number of hydrogen-bond acceptors (Lipinski definition) is 4. The maximum atomic E-state index is 14.2. The number of guanidine groups is 1. The molecule has 0 bridgehead atoms. The Bertz CT molecular complexity index is 1110. The van der Waals surface area contributed by atoms with Crippen LogP contribution in [0.25, 0.3) is 0 Å². The van der Waals surface area contributed by atoms with Gasteiger partial charge in [-0.3, -0.25) is 9.78 Å². The first-order valence-electron chi connectivity index (χ1n) is 9.43. The predicted molar refractivity (Wildman–Crippen MR) is 116 cm³/mol. The molecule has 1 aromatic carbocycles. The normalized spacial score (nSPS) is 17.4. The van der Waals surface area contributed by atoms with E-state index in [2.05, 4.69) is 27.1 Å². The Hall–Kier alpha value is -3.40. The summed E-state index contributed by atoms with van der Waals surface area (Å²) < 4.78 is 41.6. The van der Waals surface area contributed by atoms with Crippen LogP contribution in [0.3, 0.4) is 0 Å². The molecule has 1 aliphatic carbocycles. The third kappa shape index (κ3) is 4.91. The molecular formula is C21H20ClF3N6O. The number of alkyl halides is 2. The maximum Gasteiger partial charge on any atom is 0.250 e. The fourth-order valence-corrected chi connectivity index (χ4v) is 3.89. The highest BCUT2D eigenvalue weighted by molar-refractivity contribution is 6.31. The Morgan fingerprint density at radius 2 is 2.00 bits per heavy atom. The van der Waals surface area contributed by atoms with E-state index < -0.39 is 35.9 Å². The van der Waals surface area contributed by atoms with Gasteiger partial charge in [0.1, 0.15) is 5.82 Å². The van der Waals surface area contributed by atoms with Gasteiger partial charge in [0.05, 0.1) is 16.4 Å². The minimum atomic E-state index is -2.84. The summed E-state index contributed by atoms with van der Waals surface area (Å²) in [6.07, 6.45) is 1.79. The van der Waals surface area contributed by atoms with Crippen molar-refractivity contribution in [3.05, 3.63) is 76.8 Å². The van der Waals surface area contributed by atoms with Gasteiger partial charge in [0.15, 0.2) is 0 Å². The number of primary amides is 1. The molecule has 0 saturated heterocycles. The summed E-state index contributed by atoms with van der Waals surface area (Å²) in [6.45, 7) is 3.54. The second-order valence-corrected chi connectivity index (χ2v) is 7.82. The number of carbonyl (C=O) groups is 1. The Balaban J connectivity index is 1.81. The first kappa shape index (κ1) is 23.3. The van der Waals surface area contributed by atoms with E-state index in [1.165, 1.54) is 24.4 Å². The first-order chi connectivity index (χ1) is 15.1. The Morgan fingerprint density at radius 3 is 2.59 bits per heavy atom. The van der Waals surface area contributed by atoms with E-state index in [9.17, 15) is 18.0 Å². The van der Waals surface area contributed by atoms with Crippen LogP contribution < -0.4 is 16.8 Å². The second kappa shape index (κ2) is 8.99. The monoisotopic (exact) mass is 464 g/mol. The van der Waals surface area contributed by atoms with Crippen molar-refractivity contribution in [3.63, 3.8) is 0 Å². The van der Waals surface area contributed by atoms with Crippen molar-refractivity contribution >= 4 is 29.2 Å². The van der Waals surface area contributed by atoms with E-state index in [0.29, 0.717) is 5.69 Å². The van der Waals surface area contributed by atoms with Crippen LogP contribution in [0, 0.1) is 5.82 Å². The molecular weight excluding hydrogens is 445 g/mol. The lowest BCUT2D eigenvalue weighted by atomic mass is 9.63. The molecule has 1 heterocycles. The van der Waals surface area contributed by atoms with Gasteiger partial charge in [-0.15, -0.1) is 10.2 Å². The minimum Gasteiger partial charge on any atom is -0.368 e. The average Bonchev–Trinajstić information content (AvgIpc) is 2.72. The van der Waals surface area contributed by atoms with Crippen molar-refractivity contribution in [2.45, 2.75) is 24.2 Å². The predicted octanol–water partition coefficient (Wildman–Crippen LogP) is 3.13. The molecule has 0 spiro atoms. The zero-order valence-corrected chi connectivity index (χ0v) is 17.5. The van der Waals surface area contributed by atoms with Gasteiger partial charge in [-0.25, -0.2) is 13.2 Å². The van der Waals surface area contributed by atoms with E-state index in [0.717, 1.165) is 6.07 Å². The van der Waals surface area contributed by atoms with Crippen molar-refractivity contribution < 1.29 is 18.0 Å². The summed E-state index contributed by atoms with van der Waals surface area (Å²) in [7, 11) is 0. The quantitative estimate of drug-likeness (QED) is 0.331. The van der Waals surface area contributed by atoms with Crippen molar-refractivity contribution in [1.82, 2.24) is 10.3 Å². The van der Waals surface area contributed by atoms with E-state index in [1.807, 2.05) is 0 Å². The SMILES string of the molecule is C=C/C(=N\N=C(/N)NCC1(c2ncccc2Cl)CC(F)(F)C1)c1cc(C(N)=O)ccc1F. The molecule has 0 unspecified atom stereocenters. The van der Waals surface area contributed by atoms with Crippen molar-refractivity contribution in [2.75, 3.05) is 6.54 Å². The van der Waals surface area contributed by atoms with Crippen LogP contribution in [-0.2, 0) is 5.41 Å². The minimum absolute atomic E-state index is 0.00647. The molecule has 32 heavy (non-hydrogen) atoms. The molecule has 0 atom stereocenters. The van der Waals surface area contributed by atoms with Crippen LogP contribution in [0.1, 0.15) is 34.5 Å². The number of amides is 1. The van der Waals surface area contributed by atoms with Gasteiger partial charge in [-0.1, -0.05) is 18.2 Å². The highest BCUT2D eigenvalue weighted by Gasteiger charge is 2.58. The van der Waals surface area contributed by atoms with Gasteiger partial charge >= 0.3 is 0 Å². The molecule has 7 nitrogen and oxygen atoms in total. The van der Waals surface area contributed by atoms with Crippen molar-refractivity contribution in [2.24, 2.45) is 21.7 Å². The number of nitrogens with zero attached hydrogens (tertiary/aromatic N) is 3. The van der Waals surface area contributed by atoms with Gasteiger partial charge in [-0.05, 0) is 36.4 Å². The number of halogens is 4. The standard InChI is InChI=1S/C21H20ClF3N6O/c1-2-16(13-8-12(18(26)32)5-6-15(13)23)30-31-19(27)29-11-20(9-21(24,25)10-20)17-14(22)4-3-7-28-17/h2-8H,1,9-11H2,(H2,26,32)(H3,27,29,31)/b30-16+. The van der Waals surface area contributed by atoms with Crippen LogP contribution in [-0.4, -0.2) is 35.0 Å². The number of hydrogen-bond donors (Lipinski definition) is 3. The third-order valence-corrected chi connectivity index (χ3v) is 5.35. The molecule has 0 radical (unpaired) electrons. The van der Waals surface area contributed by atoms with Crippen LogP contribution in [0.2, 0.25) is 5.02 Å². The van der Waals surface area contributed by atoms with Crippen molar-refractivity contribution in [3.8, 4) is 0 Å². The lowest BCUT2D eigenvalue weighted by molar-refractivity contribution is -0.126. The van der Waals surface area contributed by atoms with E-state index in [1.54, 1.807) is 12.1 Å².